The number of nitrogens with zero attached hydrogens (tertiary/aromatic N) is 2. The Hall–Kier alpha value is -1.18. The van der Waals surface area contributed by atoms with Gasteiger partial charge in [-0.05, 0) is 12.1 Å². The summed E-state index contributed by atoms with van der Waals surface area (Å²) < 4.78 is 0.675. The highest BCUT2D eigenvalue weighted by Crippen LogP contribution is 2.13. The number of hydrazine groups is 1. The second kappa shape index (κ2) is 6.53. The van der Waals surface area contributed by atoms with Crippen LogP contribution >= 0.6 is 24.0 Å². The maximum Gasteiger partial charge on any atom is 0.178 e. The molecule has 7 heteroatoms. The molecular weight excluding hydrogens is 256 g/mol. The van der Waals surface area contributed by atoms with Gasteiger partial charge < -0.3 is 5.32 Å². The number of pyridine rings is 1. The number of carbonyl (C=O) groups is 1. The zero-order chi connectivity index (χ0) is 12.8. The molecule has 0 atom stereocenters. The summed E-state index contributed by atoms with van der Waals surface area (Å²) in [7, 11) is 1.76. The van der Waals surface area contributed by atoms with Crippen molar-refractivity contribution in [3.63, 3.8) is 0 Å². The van der Waals surface area contributed by atoms with Crippen molar-refractivity contribution in [3.8, 4) is 0 Å². The highest BCUT2D eigenvalue weighted by Gasteiger charge is 2.05. The summed E-state index contributed by atoms with van der Waals surface area (Å²) >= 11 is 6.40. The van der Waals surface area contributed by atoms with Crippen LogP contribution < -0.4 is 16.2 Å². The van der Waals surface area contributed by atoms with Gasteiger partial charge in [0, 0.05) is 14.0 Å². The standard InChI is InChI=1S/C10H14N4OS2/c1-7(15)9-4-3-8(5-13-9)14(11)6-17-10(16)12-2/h3-5H,6,11H2,1-2H3,(H,12,16). The van der Waals surface area contributed by atoms with Gasteiger partial charge in [0.25, 0.3) is 0 Å². The lowest BCUT2D eigenvalue weighted by atomic mass is 10.2. The van der Waals surface area contributed by atoms with Crippen molar-refractivity contribution < 1.29 is 4.79 Å². The number of nitrogens with two attached hydrogens (primary N) is 1. The molecule has 0 aliphatic rings. The third-order valence-electron chi connectivity index (χ3n) is 1.98. The molecule has 5 nitrogen and oxygen atoms in total. The van der Waals surface area contributed by atoms with Crippen LogP contribution in [-0.2, 0) is 0 Å². The Morgan fingerprint density at radius 3 is 2.82 bits per heavy atom. The number of thiocarbonyl (C=S) groups is 1. The van der Waals surface area contributed by atoms with E-state index in [9.17, 15) is 4.79 Å². The van der Waals surface area contributed by atoms with Crippen molar-refractivity contribution in [2.45, 2.75) is 6.92 Å². The number of ketones is 1. The number of thioether (sulfide) groups is 1. The van der Waals surface area contributed by atoms with E-state index in [0.29, 0.717) is 15.9 Å². The van der Waals surface area contributed by atoms with E-state index in [0.717, 1.165) is 5.69 Å². The molecule has 0 aliphatic heterocycles. The molecule has 0 unspecified atom stereocenters. The smallest absolute Gasteiger partial charge is 0.178 e. The maximum absolute atomic E-state index is 11.0. The molecule has 0 bridgehead atoms. The third-order valence-corrected chi connectivity index (χ3v) is 3.41. The van der Waals surface area contributed by atoms with Crippen LogP contribution in [0.1, 0.15) is 17.4 Å². The van der Waals surface area contributed by atoms with Crippen LogP contribution in [0.15, 0.2) is 18.3 Å². The number of carbonyl (C=O) groups excluding carboxylic acids is 1. The molecule has 1 aromatic heterocycles. The lowest BCUT2D eigenvalue weighted by Crippen LogP contribution is -2.31. The Balaban J connectivity index is 2.60. The highest BCUT2D eigenvalue weighted by atomic mass is 32.2. The second-order valence-corrected chi connectivity index (χ2v) is 4.86. The van der Waals surface area contributed by atoms with Crippen molar-refractivity contribution in [3.05, 3.63) is 24.0 Å². The quantitative estimate of drug-likeness (QED) is 0.280. The summed E-state index contributed by atoms with van der Waals surface area (Å²) in [5, 5.41) is 4.37. The van der Waals surface area contributed by atoms with Crippen molar-refractivity contribution in [1.29, 1.82) is 0 Å². The van der Waals surface area contributed by atoms with Crippen LogP contribution in [0.5, 0.6) is 0 Å². The summed E-state index contributed by atoms with van der Waals surface area (Å²) in [6, 6.07) is 3.41. The first-order chi connectivity index (χ1) is 8.04. The van der Waals surface area contributed by atoms with Crippen LogP contribution in [0, 0.1) is 0 Å². The first kappa shape index (κ1) is 13.9. The van der Waals surface area contributed by atoms with Gasteiger partial charge in [-0.1, -0.05) is 24.0 Å². The molecule has 0 aliphatic carbocycles. The van der Waals surface area contributed by atoms with E-state index in [1.165, 1.54) is 23.7 Å². The molecule has 1 aromatic rings. The molecular formula is C10H14N4OS2. The van der Waals surface area contributed by atoms with Crippen LogP contribution in [0.25, 0.3) is 0 Å². The van der Waals surface area contributed by atoms with E-state index in [2.05, 4.69) is 10.3 Å². The summed E-state index contributed by atoms with van der Waals surface area (Å²) in [6.45, 7) is 1.48. The molecule has 92 valence electrons. The Morgan fingerprint density at radius 1 is 1.65 bits per heavy atom. The number of Topliss-reactive ketones (excluding diaryl/α,β-unsaturated/α-hetero) is 1. The minimum atomic E-state index is -0.0640. The minimum absolute atomic E-state index is 0.0640. The molecule has 0 amide bonds. The van der Waals surface area contributed by atoms with E-state index >= 15 is 0 Å². The molecule has 17 heavy (non-hydrogen) atoms. The fourth-order valence-electron chi connectivity index (χ4n) is 1.04. The second-order valence-electron chi connectivity index (χ2n) is 3.24. The number of aromatic nitrogens is 1. The van der Waals surface area contributed by atoms with Gasteiger partial charge in [0.2, 0.25) is 0 Å². The van der Waals surface area contributed by atoms with E-state index in [4.69, 9.17) is 18.1 Å². The first-order valence-corrected chi connectivity index (χ1v) is 6.27. The van der Waals surface area contributed by atoms with Gasteiger partial charge in [-0.15, -0.1) is 0 Å². The number of nitrogens with one attached hydrogen (secondary N) is 1. The maximum atomic E-state index is 11.0. The van der Waals surface area contributed by atoms with Gasteiger partial charge in [-0.25, -0.2) is 5.84 Å². The van der Waals surface area contributed by atoms with Gasteiger partial charge >= 0.3 is 0 Å². The van der Waals surface area contributed by atoms with Crippen molar-refractivity contribution in [2.75, 3.05) is 17.9 Å². The summed E-state index contributed by atoms with van der Waals surface area (Å²) in [4.78, 5) is 15.1. The van der Waals surface area contributed by atoms with E-state index in [1.807, 2.05) is 0 Å². The lowest BCUT2D eigenvalue weighted by molar-refractivity contribution is 0.101. The Morgan fingerprint density at radius 2 is 2.35 bits per heavy atom. The number of anilines is 1. The monoisotopic (exact) mass is 270 g/mol. The van der Waals surface area contributed by atoms with Gasteiger partial charge in [-0.2, -0.15) is 0 Å². The lowest BCUT2D eigenvalue weighted by Gasteiger charge is -2.17. The van der Waals surface area contributed by atoms with E-state index < -0.39 is 0 Å². The summed E-state index contributed by atoms with van der Waals surface area (Å²) in [5.41, 5.74) is 1.17. The van der Waals surface area contributed by atoms with Crippen molar-refractivity contribution in [2.24, 2.45) is 5.84 Å². The average Bonchev–Trinajstić information content (AvgIpc) is 2.35. The van der Waals surface area contributed by atoms with Crippen LogP contribution in [0.2, 0.25) is 0 Å². The molecule has 0 aromatic carbocycles. The first-order valence-electron chi connectivity index (χ1n) is 4.88. The van der Waals surface area contributed by atoms with Crippen LogP contribution in [0.3, 0.4) is 0 Å². The zero-order valence-corrected chi connectivity index (χ0v) is 11.3. The Bertz CT molecular complexity index is 407. The minimum Gasteiger partial charge on any atom is -0.374 e. The van der Waals surface area contributed by atoms with Crippen LogP contribution in [-0.4, -0.2) is 28.0 Å². The van der Waals surface area contributed by atoms with Gasteiger partial charge in [0.15, 0.2) is 5.78 Å². The normalized spacial score (nSPS) is 9.82. The fraction of sp³-hybridized carbons (Fsp3) is 0.300. The topological polar surface area (TPSA) is 71.2 Å². The predicted molar refractivity (Wildman–Crippen MR) is 75.0 cm³/mol. The molecule has 0 saturated carbocycles. The molecule has 1 rings (SSSR count). The molecule has 0 fully saturated rings. The molecule has 0 radical (unpaired) electrons. The van der Waals surface area contributed by atoms with Crippen LogP contribution in [0.4, 0.5) is 5.69 Å². The molecule has 3 N–H and O–H groups in total. The summed E-state index contributed by atoms with van der Waals surface area (Å²) in [6.07, 6.45) is 1.57. The fourth-order valence-corrected chi connectivity index (χ4v) is 1.75. The molecule has 1 heterocycles. The van der Waals surface area contributed by atoms with Gasteiger partial charge in [0.1, 0.15) is 10.0 Å². The Labute approximate surface area is 110 Å². The highest BCUT2D eigenvalue weighted by molar-refractivity contribution is 8.23. The van der Waals surface area contributed by atoms with Crippen molar-refractivity contribution >= 4 is 39.8 Å². The Kier molecular flexibility index (Phi) is 5.33. The molecule has 0 saturated heterocycles. The zero-order valence-electron chi connectivity index (χ0n) is 9.64. The van der Waals surface area contributed by atoms with E-state index in [-0.39, 0.29) is 5.78 Å². The largest absolute Gasteiger partial charge is 0.374 e. The number of hydrogen-bond acceptors (Lipinski definition) is 6. The van der Waals surface area contributed by atoms with E-state index in [1.54, 1.807) is 25.4 Å². The molecule has 0 spiro atoms. The average molecular weight is 270 g/mol. The van der Waals surface area contributed by atoms with Gasteiger partial charge in [0.05, 0.1) is 17.8 Å². The SMILES string of the molecule is CNC(=S)SCN(N)c1ccc(C(C)=O)nc1. The van der Waals surface area contributed by atoms with Gasteiger partial charge in [-0.3, -0.25) is 14.8 Å². The predicted octanol–water partition coefficient (Wildman–Crippen LogP) is 1.16. The number of rotatable bonds is 4. The number of hydrogen-bond donors (Lipinski definition) is 2. The summed E-state index contributed by atoms with van der Waals surface area (Å²) in [5.74, 6) is 6.27. The third kappa shape index (κ3) is 4.29. The van der Waals surface area contributed by atoms with Crippen molar-refractivity contribution in [1.82, 2.24) is 10.3 Å².